The molecule has 0 spiro atoms. The summed E-state index contributed by atoms with van der Waals surface area (Å²) in [5.74, 6) is -0.400. The fraction of sp³-hybridized carbons (Fsp3) is 0.238. The average molecular weight is 403 g/mol. The van der Waals surface area contributed by atoms with Gasteiger partial charge in [0.15, 0.2) is 11.6 Å². The van der Waals surface area contributed by atoms with Crippen molar-refractivity contribution in [3.05, 3.63) is 80.9 Å². The molecule has 0 amide bonds. The van der Waals surface area contributed by atoms with Gasteiger partial charge >= 0.3 is 0 Å². The summed E-state index contributed by atoms with van der Waals surface area (Å²) in [4.78, 5) is 12.5. The first-order valence-corrected chi connectivity index (χ1v) is 9.20. The van der Waals surface area contributed by atoms with Gasteiger partial charge < -0.3 is 9.84 Å². The molecule has 146 valence electrons. The van der Waals surface area contributed by atoms with E-state index in [2.05, 4.69) is 5.10 Å². The molecule has 0 saturated carbocycles. The molecule has 2 aromatic carbocycles. The van der Waals surface area contributed by atoms with Gasteiger partial charge in [-0.15, -0.1) is 0 Å². The van der Waals surface area contributed by atoms with Crippen LogP contribution in [0.2, 0.25) is 5.02 Å². The predicted octanol–water partition coefficient (Wildman–Crippen LogP) is 3.84. The minimum atomic E-state index is -0.524. The number of aliphatic hydroxyl groups excluding tert-OH is 1. The number of benzene rings is 2. The summed E-state index contributed by atoms with van der Waals surface area (Å²) >= 11 is 6.17. The van der Waals surface area contributed by atoms with E-state index in [4.69, 9.17) is 16.3 Å². The van der Waals surface area contributed by atoms with Crippen molar-refractivity contribution >= 4 is 11.6 Å². The Morgan fingerprint density at radius 1 is 1.18 bits per heavy atom. The Morgan fingerprint density at radius 2 is 1.96 bits per heavy atom. The topological polar surface area (TPSA) is 64.3 Å². The molecule has 7 heteroatoms. The minimum Gasteiger partial charge on any atom is -0.494 e. The molecule has 0 atom stereocenters. The standard InChI is InChI=1S/C21H20ClFN2O3/c1-28-20-9-8-15(11-18(20)23)19-12-16(13-26)21(27)25(24-19)10-4-6-14-5-2-3-7-17(14)22/h2-3,5,7-9,11-12,26H,4,6,10,13H2,1H3. The molecule has 1 N–H and O–H groups in total. The monoisotopic (exact) mass is 402 g/mol. The lowest BCUT2D eigenvalue weighted by atomic mass is 10.1. The molecular weight excluding hydrogens is 383 g/mol. The van der Waals surface area contributed by atoms with E-state index in [0.29, 0.717) is 35.7 Å². The molecule has 0 bridgehead atoms. The van der Waals surface area contributed by atoms with Crippen LogP contribution in [0.5, 0.6) is 5.75 Å². The van der Waals surface area contributed by atoms with Gasteiger partial charge in [0, 0.05) is 22.7 Å². The molecule has 0 aliphatic carbocycles. The molecule has 0 aliphatic rings. The van der Waals surface area contributed by atoms with Gasteiger partial charge in [-0.25, -0.2) is 9.07 Å². The van der Waals surface area contributed by atoms with Crippen molar-refractivity contribution in [2.75, 3.05) is 7.11 Å². The zero-order valence-electron chi connectivity index (χ0n) is 15.4. The van der Waals surface area contributed by atoms with E-state index >= 15 is 0 Å². The second-order valence-corrected chi connectivity index (χ2v) is 6.69. The maximum Gasteiger partial charge on any atom is 0.272 e. The number of aromatic nitrogens is 2. The largest absolute Gasteiger partial charge is 0.494 e. The Balaban J connectivity index is 1.87. The first kappa shape index (κ1) is 20.0. The number of rotatable bonds is 7. The second kappa shape index (κ2) is 8.99. The van der Waals surface area contributed by atoms with Crippen molar-refractivity contribution in [2.24, 2.45) is 0 Å². The Hall–Kier alpha value is -2.70. The summed E-state index contributed by atoms with van der Waals surface area (Å²) in [6, 6.07) is 13.5. The number of ether oxygens (including phenoxy) is 1. The lowest BCUT2D eigenvalue weighted by Gasteiger charge is -2.11. The summed E-state index contributed by atoms with van der Waals surface area (Å²) in [7, 11) is 1.39. The highest BCUT2D eigenvalue weighted by molar-refractivity contribution is 6.31. The zero-order chi connectivity index (χ0) is 20.1. The van der Waals surface area contributed by atoms with Gasteiger partial charge in [-0.3, -0.25) is 4.79 Å². The molecule has 3 rings (SSSR count). The number of hydrogen-bond acceptors (Lipinski definition) is 4. The summed E-state index contributed by atoms with van der Waals surface area (Å²) in [6.07, 6.45) is 1.32. The quantitative estimate of drug-likeness (QED) is 0.652. The molecule has 0 aliphatic heterocycles. The molecule has 28 heavy (non-hydrogen) atoms. The van der Waals surface area contributed by atoms with Crippen LogP contribution in [0.1, 0.15) is 17.5 Å². The number of aryl methyl sites for hydroxylation is 2. The average Bonchev–Trinajstić information content (AvgIpc) is 2.70. The van der Waals surface area contributed by atoms with Gasteiger partial charge in [-0.1, -0.05) is 29.8 Å². The number of aliphatic hydroxyl groups is 1. The molecule has 0 fully saturated rings. The number of methoxy groups -OCH3 is 1. The van der Waals surface area contributed by atoms with Crippen LogP contribution in [-0.4, -0.2) is 22.0 Å². The number of hydrogen-bond donors (Lipinski definition) is 1. The van der Waals surface area contributed by atoms with Crippen LogP contribution >= 0.6 is 11.6 Å². The first-order valence-electron chi connectivity index (χ1n) is 8.82. The van der Waals surface area contributed by atoms with Crippen LogP contribution in [0.3, 0.4) is 0 Å². The predicted molar refractivity (Wildman–Crippen MR) is 106 cm³/mol. The molecule has 0 unspecified atom stereocenters. The number of halogens is 2. The van der Waals surface area contributed by atoms with Crippen molar-refractivity contribution in [1.82, 2.24) is 9.78 Å². The van der Waals surface area contributed by atoms with Gasteiger partial charge in [0.05, 0.1) is 19.4 Å². The highest BCUT2D eigenvalue weighted by atomic mass is 35.5. The third-order valence-corrected chi connectivity index (χ3v) is 4.81. The van der Waals surface area contributed by atoms with Crippen molar-refractivity contribution in [3.8, 4) is 17.0 Å². The van der Waals surface area contributed by atoms with Gasteiger partial charge in [-0.05, 0) is 48.7 Å². The van der Waals surface area contributed by atoms with Crippen LogP contribution in [0.25, 0.3) is 11.3 Å². The minimum absolute atomic E-state index is 0.124. The normalized spacial score (nSPS) is 10.9. The van der Waals surface area contributed by atoms with Crippen LogP contribution in [0.4, 0.5) is 4.39 Å². The lowest BCUT2D eigenvalue weighted by Crippen LogP contribution is -2.27. The molecule has 0 radical (unpaired) electrons. The summed E-state index contributed by atoms with van der Waals surface area (Å²) in [5, 5.41) is 14.6. The lowest BCUT2D eigenvalue weighted by molar-refractivity contribution is 0.278. The maximum absolute atomic E-state index is 14.0. The Kier molecular flexibility index (Phi) is 6.44. The molecular formula is C21H20ClFN2O3. The summed E-state index contributed by atoms with van der Waals surface area (Å²) in [5.41, 5.74) is 1.74. The van der Waals surface area contributed by atoms with Gasteiger partial charge in [0.1, 0.15) is 0 Å². The van der Waals surface area contributed by atoms with Crippen LogP contribution in [-0.2, 0) is 19.6 Å². The molecule has 1 aromatic heterocycles. The third-order valence-electron chi connectivity index (χ3n) is 4.44. The van der Waals surface area contributed by atoms with E-state index in [9.17, 15) is 14.3 Å². The molecule has 0 saturated heterocycles. The van der Waals surface area contributed by atoms with Gasteiger partial charge in [-0.2, -0.15) is 5.10 Å². The van der Waals surface area contributed by atoms with Crippen LogP contribution in [0.15, 0.2) is 53.3 Å². The second-order valence-electron chi connectivity index (χ2n) is 6.29. The van der Waals surface area contributed by atoms with Gasteiger partial charge in [0.25, 0.3) is 5.56 Å². The van der Waals surface area contributed by atoms with Crippen molar-refractivity contribution in [3.63, 3.8) is 0 Å². The molecule has 3 aromatic rings. The van der Waals surface area contributed by atoms with Gasteiger partial charge in [0.2, 0.25) is 0 Å². The van der Waals surface area contributed by atoms with E-state index in [0.717, 1.165) is 5.56 Å². The van der Waals surface area contributed by atoms with Crippen LogP contribution in [0, 0.1) is 5.82 Å². The van der Waals surface area contributed by atoms with Crippen LogP contribution < -0.4 is 10.3 Å². The number of nitrogens with zero attached hydrogens (tertiary/aromatic N) is 2. The molecule has 1 heterocycles. The Labute approximate surface area is 167 Å². The summed E-state index contributed by atoms with van der Waals surface area (Å²) in [6.45, 7) is -0.0684. The highest BCUT2D eigenvalue weighted by Gasteiger charge is 2.12. The van der Waals surface area contributed by atoms with E-state index in [1.54, 1.807) is 6.07 Å². The van der Waals surface area contributed by atoms with E-state index in [1.807, 2.05) is 24.3 Å². The van der Waals surface area contributed by atoms with E-state index < -0.39 is 12.4 Å². The maximum atomic E-state index is 14.0. The Morgan fingerprint density at radius 3 is 2.64 bits per heavy atom. The highest BCUT2D eigenvalue weighted by Crippen LogP contribution is 2.24. The third kappa shape index (κ3) is 4.40. The first-order chi connectivity index (χ1) is 13.5. The smallest absolute Gasteiger partial charge is 0.272 e. The fourth-order valence-corrected chi connectivity index (χ4v) is 3.18. The molecule has 5 nitrogen and oxygen atoms in total. The van der Waals surface area contributed by atoms with Crippen molar-refractivity contribution in [1.29, 1.82) is 0 Å². The summed E-state index contributed by atoms with van der Waals surface area (Å²) < 4.78 is 20.3. The van der Waals surface area contributed by atoms with Crippen molar-refractivity contribution in [2.45, 2.75) is 26.0 Å². The SMILES string of the molecule is COc1ccc(-c2cc(CO)c(=O)n(CCCc3ccccc3Cl)n2)cc1F. The zero-order valence-corrected chi connectivity index (χ0v) is 16.1. The Bertz CT molecular complexity index is 1040. The van der Waals surface area contributed by atoms with E-state index in [1.165, 1.54) is 30.0 Å². The van der Waals surface area contributed by atoms with E-state index in [-0.39, 0.29) is 16.9 Å². The fourth-order valence-electron chi connectivity index (χ4n) is 2.95. The van der Waals surface area contributed by atoms with Crippen molar-refractivity contribution < 1.29 is 14.2 Å².